The summed E-state index contributed by atoms with van der Waals surface area (Å²) in [5.74, 6) is -12.2. The standard InChI is InChI=1S/C29H36FN3O7/c1-32(2)23-17-10-13-9-16-20(18(34)11-14(22(16)30)12-33(3)15-7-5-4-6-8-15)24(35)19(13)26(37)29(17,40)27(38)21(25(23)36)28(31)39/h11,13,15,17,19,21,23,34,40H,4-10,12H2,1-3H3,(H2,31,39)/t13-,17-,19?,21?,23-,29-/m0/s1. The molecule has 0 radical (unpaired) electrons. The van der Waals surface area contributed by atoms with Crippen LogP contribution in [0.25, 0.3) is 0 Å². The quantitative estimate of drug-likeness (QED) is 0.445. The third-order valence-electron chi connectivity index (χ3n) is 9.69. The maximum absolute atomic E-state index is 16.0. The van der Waals surface area contributed by atoms with Crippen LogP contribution < -0.4 is 5.73 Å². The molecule has 1 aromatic rings. The molecule has 1 aromatic carbocycles. The molecular formula is C29H36FN3O7. The van der Waals surface area contributed by atoms with Crippen LogP contribution in [-0.4, -0.2) is 87.9 Å². The maximum Gasteiger partial charge on any atom is 0.235 e. The molecule has 10 nitrogen and oxygen atoms in total. The van der Waals surface area contributed by atoms with Crippen molar-refractivity contribution in [3.05, 3.63) is 28.6 Å². The van der Waals surface area contributed by atoms with Crippen molar-refractivity contribution in [2.45, 2.75) is 69.2 Å². The Morgan fingerprint density at radius 2 is 1.75 bits per heavy atom. The lowest BCUT2D eigenvalue weighted by Crippen LogP contribution is -2.74. The van der Waals surface area contributed by atoms with E-state index < -0.39 is 75.9 Å². The first kappa shape index (κ1) is 28.5. The number of amides is 1. The molecule has 4 aliphatic carbocycles. The molecule has 216 valence electrons. The minimum absolute atomic E-state index is 0.00131. The molecule has 5 rings (SSSR count). The van der Waals surface area contributed by atoms with Crippen molar-refractivity contribution in [2.75, 3.05) is 21.1 Å². The van der Waals surface area contributed by atoms with Crippen molar-refractivity contribution in [1.82, 2.24) is 9.80 Å². The molecular weight excluding hydrogens is 521 g/mol. The fourth-order valence-corrected chi connectivity index (χ4v) is 7.74. The van der Waals surface area contributed by atoms with E-state index in [9.17, 15) is 34.2 Å². The van der Waals surface area contributed by atoms with Crippen LogP contribution in [0.15, 0.2) is 6.07 Å². The highest BCUT2D eigenvalue weighted by Crippen LogP contribution is 2.51. The third-order valence-corrected chi connectivity index (χ3v) is 9.69. The van der Waals surface area contributed by atoms with Crippen LogP contribution >= 0.6 is 0 Å². The molecule has 3 saturated carbocycles. The lowest BCUT2D eigenvalue weighted by Gasteiger charge is -2.52. The number of nitrogens with zero attached hydrogens (tertiary/aromatic N) is 2. The zero-order valence-corrected chi connectivity index (χ0v) is 23.0. The summed E-state index contributed by atoms with van der Waals surface area (Å²) >= 11 is 0. The number of aromatic hydroxyl groups is 1. The Kier molecular flexibility index (Phi) is 7.21. The third kappa shape index (κ3) is 4.12. The Hall–Kier alpha value is -3.02. The summed E-state index contributed by atoms with van der Waals surface area (Å²) in [6, 6.07) is 0.307. The van der Waals surface area contributed by atoms with E-state index in [0.29, 0.717) is 6.04 Å². The number of likely N-dealkylation sites (N-methyl/N-ethyl adjacent to an activating group) is 1. The number of primary amides is 1. The Morgan fingerprint density at radius 1 is 1.10 bits per heavy atom. The smallest absolute Gasteiger partial charge is 0.235 e. The molecule has 3 fully saturated rings. The number of nitrogens with two attached hydrogens (primary N) is 1. The van der Waals surface area contributed by atoms with E-state index >= 15 is 4.39 Å². The number of phenolic OH excluding ortho intramolecular Hbond substituents is 1. The van der Waals surface area contributed by atoms with Gasteiger partial charge in [-0.2, -0.15) is 0 Å². The monoisotopic (exact) mass is 557 g/mol. The Bertz CT molecular complexity index is 1310. The molecule has 0 bridgehead atoms. The van der Waals surface area contributed by atoms with E-state index in [0.717, 1.165) is 25.7 Å². The summed E-state index contributed by atoms with van der Waals surface area (Å²) in [4.78, 5) is 69.5. The first-order valence-electron chi connectivity index (χ1n) is 13.9. The molecule has 4 N–H and O–H groups in total. The van der Waals surface area contributed by atoms with E-state index in [1.54, 1.807) is 0 Å². The normalized spacial score (nSPS) is 32.7. The Balaban J connectivity index is 1.53. The van der Waals surface area contributed by atoms with Crippen LogP contribution in [0.2, 0.25) is 0 Å². The van der Waals surface area contributed by atoms with Crippen molar-refractivity contribution in [3.63, 3.8) is 0 Å². The summed E-state index contributed by atoms with van der Waals surface area (Å²) in [6.45, 7) is 0.237. The van der Waals surface area contributed by atoms with E-state index in [1.165, 1.54) is 31.5 Å². The van der Waals surface area contributed by atoms with Gasteiger partial charge >= 0.3 is 0 Å². The van der Waals surface area contributed by atoms with Crippen molar-refractivity contribution in [3.8, 4) is 5.75 Å². The van der Waals surface area contributed by atoms with Crippen LogP contribution in [0, 0.1) is 29.5 Å². The highest BCUT2D eigenvalue weighted by atomic mass is 19.1. The molecule has 0 spiro atoms. The number of phenols is 1. The number of fused-ring (bicyclic) bond motifs is 3. The Labute approximate surface area is 231 Å². The molecule has 40 heavy (non-hydrogen) atoms. The molecule has 0 aromatic heterocycles. The number of rotatable bonds is 5. The van der Waals surface area contributed by atoms with E-state index in [4.69, 9.17) is 5.73 Å². The minimum Gasteiger partial charge on any atom is -0.507 e. The van der Waals surface area contributed by atoms with Crippen LogP contribution in [0.3, 0.4) is 0 Å². The van der Waals surface area contributed by atoms with E-state index in [-0.39, 0.29) is 36.1 Å². The summed E-state index contributed by atoms with van der Waals surface area (Å²) < 4.78 is 16.0. The highest BCUT2D eigenvalue weighted by Gasteiger charge is 2.69. The first-order chi connectivity index (χ1) is 18.8. The molecule has 0 aliphatic heterocycles. The lowest BCUT2D eigenvalue weighted by atomic mass is 9.52. The van der Waals surface area contributed by atoms with Crippen LogP contribution in [0.1, 0.15) is 60.0 Å². The average Bonchev–Trinajstić information content (AvgIpc) is 2.89. The van der Waals surface area contributed by atoms with Crippen LogP contribution in [-0.2, 0) is 32.1 Å². The summed E-state index contributed by atoms with van der Waals surface area (Å²) in [7, 11) is 4.94. The molecule has 0 saturated heterocycles. The van der Waals surface area contributed by atoms with Gasteiger partial charge in [0, 0.05) is 29.6 Å². The van der Waals surface area contributed by atoms with Gasteiger partial charge in [0.05, 0.1) is 17.5 Å². The van der Waals surface area contributed by atoms with Crippen molar-refractivity contribution < 1.29 is 38.6 Å². The van der Waals surface area contributed by atoms with Gasteiger partial charge in [-0.3, -0.25) is 33.8 Å². The number of halogens is 1. The zero-order valence-electron chi connectivity index (χ0n) is 23.0. The first-order valence-corrected chi connectivity index (χ1v) is 13.9. The van der Waals surface area contributed by atoms with Crippen LogP contribution in [0.4, 0.5) is 4.39 Å². The number of benzene rings is 1. The van der Waals surface area contributed by atoms with E-state index in [2.05, 4.69) is 4.90 Å². The summed E-state index contributed by atoms with van der Waals surface area (Å²) in [5.41, 5.74) is 2.45. The molecule has 0 heterocycles. The number of hydrogen-bond acceptors (Lipinski definition) is 9. The topological polar surface area (TPSA) is 158 Å². The number of Topliss-reactive ketones (excluding diaryl/α,β-unsaturated/α-hetero) is 4. The van der Waals surface area contributed by atoms with Crippen molar-refractivity contribution in [2.24, 2.45) is 29.4 Å². The molecule has 4 aliphatic rings. The lowest BCUT2D eigenvalue weighted by molar-refractivity contribution is -0.181. The largest absolute Gasteiger partial charge is 0.507 e. The number of hydrogen-bond donors (Lipinski definition) is 3. The number of carbonyl (C=O) groups excluding carboxylic acids is 5. The SMILES string of the molecule is CN(Cc1cc(O)c2c(c1F)C[C@H]1C[C@H]3[C@H](N(C)C)C(=O)C(C(N)=O)C(=O)[C@@]3(O)C(=O)C1C2=O)C1CCCCC1. The number of aliphatic hydroxyl groups is 1. The van der Waals surface area contributed by atoms with E-state index in [1.807, 2.05) is 7.05 Å². The zero-order chi connectivity index (χ0) is 29.3. The molecule has 1 amide bonds. The van der Waals surface area contributed by atoms with Gasteiger partial charge in [0.25, 0.3) is 0 Å². The van der Waals surface area contributed by atoms with Gasteiger partial charge in [0.2, 0.25) is 5.91 Å². The van der Waals surface area contributed by atoms with Crippen molar-refractivity contribution >= 4 is 29.0 Å². The average molecular weight is 558 g/mol. The Morgan fingerprint density at radius 3 is 2.35 bits per heavy atom. The second kappa shape index (κ2) is 10.1. The maximum atomic E-state index is 16.0. The number of carbonyl (C=O) groups is 5. The predicted molar refractivity (Wildman–Crippen MR) is 140 cm³/mol. The summed E-state index contributed by atoms with van der Waals surface area (Å²) in [5, 5.41) is 22.5. The van der Waals surface area contributed by atoms with Gasteiger partial charge < -0.3 is 15.9 Å². The fraction of sp³-hybridized carbons (Fsp3) is 0.621. The molecule has 2 unspecified atom stereocenters. The van der Waals surface area contributed by atoms with Gasteiger partial charge in [0.15, 0.2) is 34.7 Å². The highest BCUT2D eigenvalue weighted by molar-refractivity contribution is 6.32. The van der Waals surface area contributed by atoms with Gasteiger partial charge in [-0.15, -0.1) is 0 Å². The van der Waals surface area contributed by atoms with Gasteiger partial charge in [-0.25, -0.2) is 4.39 Å². The number of ketones is 4. The van der Waals surface area contributed by atoms with Crippen LogP contribution in [0.5, 0.6) is 5.75 Å². The van der Waals surface area contributed by atoms with Gasteiger partial charge in [0.1, 0.15) is 11.6 Å². The predicted octanol–water partition coefficient (Wildman–Crippen LogP) is 0.771. The molecule has 11 heteroatoms. The summed E-state index contributed by atoms with van der Waals surface area (Å²) in [6.07, 6.45) is 5.18. The molecule has 6 atom stereocenters. The van der Waals surface area contributed by atoms with Gasteiger partial charge in [-0.1, -0.05) is 19.3 Å². The van der Waals surface area contributed by atoms with Gasteiger partial charge in [-0.05, 0) is 58.8 Å². The minimum atomic E-state index is -2.80. The second-order valence-corrected chi connectivity index (χ2v) is 12.2. The fourth-order valence-electron chi connectivity index (χ4n) is 7.74. The second-order valence-electron chi connectivity index (χ2n) is 12.2. The van der Waals surface area contributed by atoms with Crippen molar-refractivity contribution in [1.29, 1.82) is 0 Å².